The lowest BCUT2D eigenvalue weighted by atomic mass is 9.78. The molecule has 0 radical (unpaired) electrons. The van der Waals surface area contributed by atoms with Crippen molar-refractivity contribution in [3.63, 3.8) is 0 Å². The molecule has 3 nitrogen and oxygen atoms in total. The van der Waals surface area contributed by atoms with Crippen molar-refractivity contribution >= 4 is 34.2 Å². The van der Waals surface area contributed by atoms with Crippen LogP contribution in [0.2, 0.25) is 0 Å². The van der Waals surface area contributed by atoms with Gasteiger partial charge in [-0.15, -0.1) is 12.4 Å². The van der Waals surface area contributed by atoms with Crippen molar-refractivity contribution in [2.45, 2.75) is 25.3 Å². The van der Waals surface area contributed by atoms with Gasteiger partial charge >= 0.3 is 0 Å². The quantitative estimate of drug-likeness (QED) is 0.837. The topological polar surface area (TPSA) is 46.3 Å². The highest BCUT2D eigenvalue weighted by molar-refractivity contribution is 9.10. The molecule has 0 aromatic heterocycles. The number of amides is 1. The van der Waals surface area contributed by atoms with E-state index in [1.807, 2.05) is 29.2 Å². The summed E-state index contributed by atoms with van der Waals surface area (Å²) in [6.07, 6.45) is 3.54. The SMILES string of the molecule is Cl.NC1CCCC2CN(C(=O)c3ccccc3Br)CC12. The molecular weight excluding hydrogens is 340 g/mol. The Balaban J connectivity index is 0.00000147. The lowest BCUT2D eigenvalue weighted by Crippen LogP contribution is -2.38. The van der Waals surface area contributed by atoms with Crippen molar-refractivity contribution in [2.24, 2.45) is 17.6 Å². The van der Waals surface area contributed by atoms with Crippen LogP contribution >= 0.6 is 28.3 Å². The Hall–Kier alpha value is -0.580. The fourth-order valence-corrected chi connectivity index (χ4v) is 3.94. The predicted octanol–water partition coefficient (Wildman–Crippen LogP) is 3.07. The van der Waals surface area contributed by atoms with E-state index >= 15 is 0 Å². The van der Waals surface area contributed by atoms with E-state index in [2.05, 4.69) is 15.9 Å². The van der Waals surface area contributed by atoms with Gasteiger partial charge in [-0.1, -0.05) is 18.6 Å². The minimum Gasteiger partial charge on any atom is -0.338 e. The van der Waals surface area contributed by atoms with Gasteiger partial charge in [0.1, 0.15) is 0 Å². The summed E-state index contributed by atoms with van der Waals surface area (Å²) in [5, 5.41) is 0. The second-order valence-corrected chi connectivity index (χ2v) is 6.56. The second-order valence-electron chi connectivity index (χ2n) is 5.71. The number of hydrogen-bond donors (Lipinski definition) is 1. The van der Waals surface area contributed by atoms with Crippen LogP contribution < -0.4 is 5.73 Å². The van der Waals surface area contributed by atoms with Crippen LogP contribution in [0.15, 0.2) is 28.7 Å². The lowest BCUT2D eigenvalue weighted by Gasteiger charge is -2.29. The third-order valence-electron chi connectivity index (χ3n) is 4.55. The van der Waals surface area contributed by atoms with E-state index in [0.29, 0.717) is 11.8 Å². The first-order valence-corrected chi connectivity index (χ1v) is 7.75. The summed E-state index contributed by atoms with van der Waals surface area (Å²) in [7, 11) is 0. The van der Waals surface area contributed by atoms with Crippen LogP contribution in [0.1, 0.15) is 29.6 Å². The largest absolute Gasteiger partial charge is 0.338 e. The van der Waals surface area contributed by atoms with Gasteiger partial charge in [-0.2, -0.15) is 0 Å². The Morgan fingerprint density at radius 3 is 2.70 bits per heavy atom. The van der Waals surface area contributed by atoms with Gasteiger partial charge in [-0.3, -0.25) is 4.79 Å². The maximum absolute atomic E-state index is 12.6. The highest BCUT2D eigenvalue weighted by Crippen LogP contribution is 2.36. The zero-order valence-corrected chi connectivity index (χ0v) is 13.7. The fraction of sp³-hybridized carbons (Fsp3) is 0.533. The summed E-state index contributed by atoms with van der Waals surface area (Å²) in [6, 6.07) is 7.92. The average molecular weight is 360 g/mol. The Kier molecular flexibility index (Phi) is 5.10. The van der Waals surface area contributed by atoms with Gasteiger partial charge in [-0.25, -0.2) is 0 Å². The van der Waals surface area contributed by atoms with Crippen molar-refractivity contribution < 1.29 is 4.79 Å². The van der Waals surface area contributed by atoms with Crippen molar-refractivity contribution in [2.75, 3.05) is 13.1 Å². The molecule has 1 aromatic carbocycles. The molecule has 2 N–H and O–H groups in total. The van der Waals surface area contributed by atoms with Crippen LogP contribution in [0.5, 0.6) is 0 Å². The fourth-order valence-electron chi connectivity index (χ4n) is 3.49. The highest BCUT2D eigenvalue weighted by Gasteiger charge is 2.40. The lowest BCUT2D eigenvalue weighted by molar-refractivity contribution is 0.0782. The Morgan fingerprint density at radius 1 is 1.25 bits per heavy atom. The van der Waals surface area contributed by atoms with Crippen molar-refractivity contribution in [1.29, 1.82) is 0 Å². The van der Waals surface area contributed by atoms with Gasteiger partial charge in [0.25, 0.3) is 5.91 Å². The number of halogens is 2. The highest BCUT2D eigenvalue weighted by atomic mass is 79.9. The summed E-state index contributed by atoms with van der Waals surface area (Å²) in [6.45, 7) is 1.70. The first kappa shape index (κ1) is 15.8. The van der Waals surface area contributed by atoms with Crippen molar-refractivity contribution in [3.05, 3.63) is 34.3 Å². The number of carbonyl (C=O) groups is 1. The third-order valence-corrected chi connectivity index (χ3v) is 5.24. The second kappa shape index (κ2) is 6.46. The summed E-state index contributed by atoms with van der Waals surface area (Å²) < 4.78 is 0.874. The Bertz CT molecular complexity index is 497. The molecule has 1 saturated heterocycles. The maximum Gasteiger partial charge on any atom is 0.255 e. The molecule has 0 bridgehead atoms. The molecule has 1 saturated carbocycles. The maximum atomic E-state index is 12.6. The summed E-state index contributed by atoms with van der Waals surface area (Å²) in [5.74, 6) is 1.24. The molecular formula is C15H20BrClN2O. The molecule has 2 fully saturated rings. The van der Waals surface area contributed by atoms with E-state index in [0.717, 1.165) is 29.5 Å². The molecule has 5 heteroatoms. The molecule has 3 unspecified atom stereocenters. The standard InChI is InChI=1S/C15H19BrN2O.ClH/c16-13-6-2-1-5-11(13)15(19)18-8-10-4-3-7-14(17)12(10)9-18;/h1-2,5-6,10,12,14H,3-4,7-9,17H2;1H. The van der Waals surface area contributed by atoms with E-state index in [-0.39, 0.29) is 24.4 Å². The predicted molar refractivity (Wildman–Crippen MR) is 86.1 cm³/mol. The third kappa shape index (κ3) is 2.87. The molecule has 0 spiro atoms. The normalized spacial score (nSPS) is 28.7. The Morgan fingerprint density at radius 2 is 2.00 bits per heavy atom. The van der Waals surface area contributed by atoms with Crippen molar-refractivity contribution in [1.82, 2.24) is 4.90 Å². The van der Waals surface area contributed by atoms with Crippen LogP contribution in [-0.2, 0) is 0 Å². The van der Waals surface area contributed by atoms with Crippen molar-refractivity contribution in [3.8, 4) is 0 Å². The van der Waals surface area contributed by atoms with E-state index < -0.39 is 0 Å². The molecule has 3 atom stereocenters. The number of hydrogen-bond acceptors (Lipinski definition) is 2. The van der Waals surface area contributed by atoms with Crippen LogP contribution in [0.3, 0.4) is 0 Å². The minimum atomic E-state index is 0. The zero-order chi connectivity index (χ0) is 13.4. The molecule has 1 heterocycles. The number of benzene rings is 1. The first-order chi connectivity index (χ1) is 9.16. The summed E-state index contributed by atoms with van der Waals surface area (Å²) >= 11 is 3.46. The molecule has 1 aromatic rings. The zero-order valence-electron chi connectivity index (χ0n) is 11.3. The molecule has 1 aliphatic heterocycles. The number of carbonyl (C=O) groups excluding carboxylic acids is 1. The number of fused-ring (bicyclic) bond motifs is 1. The molecule has 1 aliphatic carbocycles. The average Bonchev–Trinajstić information content (AvgIpc) is 2.84. The summed E-state index contributed by atoms with van der Waals surface area (Å²) in [4.78, 5) is 14.6. The van der Waals surface area contributed by atoms with Crippen LogP contribution in [0, 0.1) is 11.8 Å². The number of likely N-dealkylation sites (tertiary alicyclic amines) is 1. The summed E-state index contributed by atoms with van der Waals surface area (Å²) in [5.41, 5.74) is 6.96. The van der Waals surface area contributed by atoms with E-state index in [4.69, 9.17) is 5.73 Å². The monoisotopic (exact) mass is 358 g/mol. The molecule has 110 valence electrons. The van der Waals surface area contributed by atoms with Gasteiger partial charge in [0.2, 0.25) is 0 Å². The number of nitrogens with two attached hydrogens (primary N) is 1. The smallest absolute Gasteiger partial charge is 0.255 e. The molecule has 2 aliphatic rings. The van der Waals surface area contributed by atoms with Crippen LogP contribution in [-0.4, -0.2) is 29.9 Å². The molecule has 3 rings (SSSR count). The number of nitrogens with zero attached hydrogens (tertiary/aromatic N) is 1. The van der Waals surface area contributed by atoms with Crippen LogP contribution in [0.25, 0.3) is 0 Å². The van der Waals surface area contributed by atoms with E-state index in [1.165, 1.54) is 12.8 Å². The Labute approximate surface area is 134 Å². The van der Waals surface area contributed by atoms with E-state index in [1.54, 1.807) is 0 Å². The van der Waals surface area contributed by atoms with Gasteiger partial charge in [0, 0.05) is 23.6 Å². The number of rotatable bonds is 1. The van der Waals surface area contributed by atoms with Gasteiger partial charge in [-0.05, 0) is 52.7 Å². The van der Waals surface area contributed by atoms with Gasteiger partial charge < -0.3 is 10.6 Å². The van der Waals surface area contributed by atoms with Crippen LogP contribution in [0.4, 0.5) is 0 Å². The minimum absolute atomic E-state index is 0. The van der Waals surface area contributed by atoms with Gasteiger partial charge in [0.15, 0.2) is 0 Å². The van der Waals surface area contributed by atoms with E-state index in [9.17, 15) is 4.79 Å². The first-order valence-electron chi connectivity index (χ1n) is 6.96. The molecule has 1 amide bonds. The molecule has 20 heavy (non-hydrogen) atoms. The van der Waals surface area contributed by atoms with Gasteiger partial charge in [0.05, 0.1) is 5.56 Å².